The van der Waals surface area contributed by atoms with Crippen molar-refractivity contribution >= 4 is 13.8 Å². The third-order valence-electron chi connectivity index (χ3n) is 2.32. The summed E-state index contributed by atoms with van der Waals surface area (Å²) in [6, 6.07) is 4.41. The minimum atomic E-state index is -4.41. The lowest BCUT2D eigenvalue weighted by Gasteiger charge is -2.18. The Balaban J connectivity index is 2.92. The van der Waals surface area contributed by atoms with Gasteiger partial charge in [-0.3, -0.25) is 0 Å². The third kappa shape index (κ3) is 5.57. The van der Waals surface area contributed by atoms with Crippen LogP contribution in [0.2, 0.25) is 19.6 Å². The van der Waals surface area contributed by atoms with E-state index in [1.165, 1.54) is 19.2 Å². The average molecular weight is 301 g/mol. The molecule has 1 aromatic rings. The minimum Gasteiger partial charge on any atom is -0.497 e. The molecule has 1 aromatic carbocycles. The van der Waals surface area contributed by atoms with E-state index < -0.39 is 20.3 Å². The maximum Gasteiger partial charge on any atom is 0.419 e. The Kier molecular flexibility index (Phi) is 5.12. The number of methoxy groups -OCH3 is 1. The highest BCUT2D eigenvalue weighted by molar-refractivity contribution is 6.83. The SMILES string of the molecule is COc1ccc(NC(C#C[Si](C)(C)C)C(F)(F)F)cc1. The van der Waals surface area contributed by atoms with Crippen LogP contribution in [0.15, 0.2) is 24.3 Å². The summed E-state index contributed by atoms with van der Waals surface area (Å²) in [6.07, 6.45) is -4.41. The molecule has 0 heterocycles. The molecule has 1 rings (SSSR count). The molecule has 0 aromatic heterocycles. The third-order valence-corrected chi connectivity index (χ3v) is 3.21. The fourth-order valence-electron chi connectivity index (χ4n) is 1.34. The fraction of sp³-hybridized carbons (Fsp3) is 0.429. The van der Waals surface area contributed by atoms with Crippen LogP contribution in [0.25, 0.3) is 0 Å². The molecule has 0 aliphatic heterocycles. The van der Waals surface area contributed by atoms with Crippen LogP contribution in [0.5, 0.6) is 5.75 Å². The monoisotopic (exact) mass is 301 g/mol. The van der Waals surface area contributed by atoms with Gasteiger partial charge in [-0.1, -0.05) is 25.6 Å². The van der Waals surface area contributed by atoms with Crippen molar-refractivity contribution in [1.29, 1.82) is 0 Å². The first-order valence-corrected chi connectivity index (χ1v) is 9.62. The highest BCUT2D eigenvalue weighted by Gasteiger charge is 2.38. The molecule has 0 saturated heterocycles. The summed E-state index contributed by atoms with van der Waals surface area (Å²) >= 11 is 0. The number of halogens is 3. The van der Waals surface area contributed by atoms with Crippen molar-refractivity contribution in [2.24, 2.45) is 0 Å². The molecule has 20 heavy (non-hydrogen) atoms. The summed E-state index contributed by atoms with van der Waals surface area (Å²) in [6.45, 7) is 5.71. The molecule has 0 radical (unpaired) electrons. The molecule has 0 amide bonds. The first-order chi connectivity index (χ1) is 9.12. The molecule has 2 nitrogen and oxygen atoms in total. The lowest BCUT2D eigenvalue weighted by molar-refractivity contribution is -0.130. The molecule has 1 N–H and O–H groups in total. The second kappa shape index (κ2) is 6.22. The topological polar surface area (TPSA) is 21.3 Å². The van der Waals surface area contributed by atoms with Gasteiger partial charge in [0.1, 0.15) is 13.8 Å². The van der Waals surface area contributed by atoms with Gasteiger partial charge in [0.2, 0.25) is 0 Å². The molecule has 0 saturated carbocycles. The van der Waals surface area contributed by atoms with Crippen molar-refractivity contribution in [3.63, 3.8) is 0 Å². The van der Waals surface area contributed by atoms with Crippen molar-refractivity contribution in [3.8, 4) is 17.2 Å². The Bertz CT molecular complexity index is 494. The van der Waals surface area contributed by atoms with Crippen LogP contribution in [-0.4, -0.2) is 27.4 Å². The van der Waals surface area contributed by atoms with E-state index in [0.29, 0.717) is 11.4 Å². The van der Waals surface area contributed by atoms with E-state index in [4.69, 9.17) is 4.74 Å². The molecule has 1 unspecified atom stereocenters. The predicted molar refractivity (Wildman–Crippen MR) is 77.6 cm³/mol. The lowest BCUT2D eigenvalue weighted by atomic mass is 10.2. The highest BCUT2D eigenvalue weighted by atomic mass is 28.3. The largest absolute Gasteiger partial charge is 0.497 e. The molecular weight excluding hydrogens is 283 g/mol. The van der Waals surface area contributed by atoms with Crippen molar-refractivity contribution < 1.29 is 17.9 Å². The van der Waals surface area contributed by atoms with Gasteiger partial charge >= 0.3 is 6.18 Å². The lowest BCUT2D eigenvalue weighted by Crippen LogP contribution is -2.35. The van der Waals surface area contributed by atoms with Crippen LogP contribution in [0, 0.1) is 11.5 Å². The van der Waals surface area contributed by atoms with E-state index in [-0.39, 0.29) is 0 Å². The maximum absolute atomic E-state index is 13.0. The van der Waals surface area contributed by atoms with Gasteiger partial charge in [0, 0.05) is 5.69 Å². The molecule has 0 spiro atoms. The van der Waals surface area contributed by atoms with Crippen LogP contribution >= 0.6 is 0 Å². The van der Waals surface area contributed by atoms with E-state index >= 15 is 0 Å². The summed E-state index contributed by atoms with van der Waals surface area (Å²) in [5.41, 5.74) is 3.11. The van der Waals surface area contributed by atoms with E-state index in [0.717, 1.165) is 0 Å². The van der Waals surface area contributed by atoms with Crippen LogP contribution in [0.1, 0.15) is 0 Å². The molecule has 0 aliphatic carbocycles. The second-order valence-corrected chi connectivity index (χ2v) is 10.1. The number of ether oxygens (including phenoxy) is 1. The predicted octanol–water partition coefficient (Wildman–Crippen LogP) is 3.92. The zero-order chi connectivity index (χ0) is 15.4. The normalized spacial score (nSPS) is 13.2. The van der Waals surface area contributed by atoms with E-state index in [9.17, 15) is 13.2 Å². The molecule has 0 aliphatic rings. The van der Waals surface area contributed by atoms with E-state index in [1.54, 1.807) is 12.1 Å². The summed E-state index contributed by atoms with van der Waals surface area (Å²) in [5, 5.41) is 2.41. The Morgan fingerprint density at radius 3 is 2.10 bits per heavy atom. The van der Waals surface area contributed by atoms with Crippen LogP contribution in [-0.2, 0) is 0 Å². The van der Waals surface area contributed by atoms with Crippen molar-refractivity contribution in [2.75, 3.05) is 12.4 Å². The average Bonchev–Trinajstić information content (AvgIpc) is 2.32. The first-order valence-electron chi connectivity index (χ1n) is 6.12. The number of hydrogen-bond acceptors (Lipinski definition) is 2. The smallest absolute Gasteiger partial charge is 0.419 e. The Morgan fingerprint density at radius 1 is 1.15 bits per heavy atom. The Labute approximate surface area is 118 Å². The van der Waals surface area contributed by atoms with Gasteiger partial charge < -0.3 is 10.1 Å². The van der Waals surface area contributed by atoms with Crippen LogP contribution in [0.4, 0.5) is 18.9 Å². The second-order valence-electron chi connectivity index (χ2n) is 5.37. The standard InChI is InChI=1S/C14H18F3NOSi/c1-19-12-7-5-11(6-8-12)18-13(14(15,16)17)9-10-20(2,3)4/h5-8,13,18H,1-4H3. The van der Waals surface area contributed by atoms with Crippen LogP contribution < -0.4 is 10.1 Å². The maximum atomic E-state index is 13.0. The van der Waals surface area contributed by atoms with Gasteiger partial charge in [-0.25, -0.2) is 0 Å². The fourth-order valence-corrected chi connectivity index (χ4v) is 1.92. The number of rotatable bonds is 3. The quantitative estimate of drug-likeness (QED) is 0.675. The highest BCUT2D eigenvalue weighted by Crippen LogP contribution is 2.24. The van der Waals surface area contributed by atoms with Crippen LogP contribution in [0.3, 0.4) is 0 Å². The summed E-state index contributed by atoms with van der Waals surface area (Å²) in [5.74, 6) is 2.91. The Hall–Kier alpha value is -1.61. The molecule has 0 bridgehead atoms. The number of anilines is 1. The van der Waals surface area contributed by atoms with Gasteiger partial charge in [0.15, 0.2) is 6.04 Å². The van der Waals surface area contributed by atoms with Crippen molar-refractivity contribution in [1.82, 2.24) is 0 Å². The first kappa shape index (κ1) is 16.4. The number of hydrogen-bond donors (Lipinski definition) is 1. The number of benzene rings is 1. The van der Waals surface area contributed by atoms with E-state index in [2.05, 4.69) is 16.8 Å². The van der Waals surface area contributed by atoms with Crippen molar-refractivity contribution in [2.45, 2.75) is 31.9 Å². The number of alkyl halides is 3. The van der Waals surface area contributed by atoms with Crippen molar-refractivity contribution in [3.05, 3.63) is 24.3 Å². The van der Waals surface area contributed by atoms with Gasteiger partial charge in [-0.05, 0) is 24.3 Å². The molecule has 6 heteroatoms. The minimum absolute atomic E-state index is 0.359. The summed E-state index contributed by atoms with van der Waals surface area (Å²) < 4.78 is 43.8. The molecule has 110 valence electrons. The van der Waals surface area contributed by atoms with Gasteiger partial charge in [0.05, 0.1) is 7.11 Å². The number of nitrogens with one attached hydrogen (secondary N) is 1. The van der Waals surface area contributed by atoms with Gasteiger partial charge in [-0.15, -0.1) is 5.54 Å². The molecule has 0 fully saturated rings. The van der Waals surface area contributed by atoms with E-state index in [1.807, 2.05) is 19.6 Å². The van der Waals surface area contributed by atoms with Gasteiger partial charge in [0.25, 0.3) is 0 Å². The Morgan fingerprint density at radius 2 is 1.70 bits per heavy atom. The zero-order valence-corrected chi connectivity index (χ0v) is 12.9. The van der Waals surface area contributed by atoms with Gasteiger partial charge in [-0.2, -0.15) is 13.2 Å². The summed E-state index contributed by atoms with van der Waals surface area (Å²) in [4.78, 5) is 0. The molecular formula is C14H18F3NOSi. The summed E-state index contributed by atoms with van der Waals surface area (Å²) in [7, 11) is -0.351. The molecule has 1 atom stereocenters. The zero-order valence-electron chi connectivity index (χ0n) is 11.9.